The van der Waals surface area contributed by atoms with Gasteiger partial charge in [0.15, 0.2) is 0 Å². The van der Waals surface area contributed by atoms with Crippen LogP contribution in [0.4, 0.5) is 0 Å². The van der Waals surface area contributed by atoms with Gasteiger partial charge < -0.3 is 10.2 Å². The molecule has 3 nitrogen and oxygen atoms in total. The van der Waals surface area contributed by atoms with Crippen LogP contribution < -0.4 is 5.32 Å². The van der Waals surface area contributed by atoms with Crippen molar-refractivity contribution in [3.63, 3.8) is 0 Å². The average Bonchev–Trinajstić information content (AvgIpc) is 2.96. The van der Waals surface area contributed by atoms with Gasteiger partial charge in [0.25, 0.3) is 0 Å². The van der Waals surface area contributed by atoms with E-state index in [9.17, 15) is 0 Å². The lowest BCUT2D eigenvalue weighted by Gasteiger charge is -2.35. The molecule has 1 fully saturated rings. The molecule has 0 radical (unpaired) electrons. The summed E-state index contributed by atoms with van der Waals surface area (Å²) in [5.74, 6) is 0. The number of likely N-dealkylation sites (N-methyl/N-ethyl adjacent to an activating group) is 3. The van der Waals surface area contributed by atoms with Crippen LogP contribution in [0.3, 0.4) is 0 Å². The first-order valence-corrected chi connectivity index (χ1v) is 8.33. The Morgan fingerprint density at radius 2 is 2.05 bits per heavy atom. The van der Waals surface area contributed by atoms with Crippen LogP contribution in [0, 0.1) is 0 Å². The number of nitrogens with zero attached hydrogens (tertiary/aromatic N) is 2. The quantitative estimate of drug-likeness (QED) is 0.832. The van der Waals surface area contributed by atoms with Crippen molar-refractivity contribution in [3.8, 4) is 0 Å². The fourth-order valence-corrected chi connectivity index (χ4v) is 3.62. The van der Waals surface area contributed by atoms with Crippen molar-refractivity contribution in [2.75, 3.05) is 33.7 Å². The van der Waals surface area contributed by atoms with Gasteiger partial charge in [-0.05, 0) is 52.5 Å². The summed E-state index contributed by atoms with van der Waals surface area (Å²) in [5.41, 5.74) is 1.37. The van der Waals surface area contributed by atoms with Crippen LogP contribution in [-0.4, -0.2) is 55.6 Å². The zero-order valence-corrected chi connectivity index (χ0v) is 14.0. The van der Waals surface area contributed by atoms with E-state index in [0.717, 1.165) is 6.04 Å². The highest BCUT2D eigenvalue weighted by atomic mass is 15.2. The van der Waals surface area contributed by atoms with Gasteiger partial charge in [0.2, 0.25) is 0 Å². The molecular formula is C18H31N3. The van der Waals surface area contributed by atoms with Crippen molar-refractivity contribution in [2.45, 2.75) is 44.8 Å². The number of benzene rings is 1. The maximum absolute atomic E-state index is 3.49. The molecule has 2 rings (SSSR count). The van der Waals surface area contributed by atoms with Gasteiger partial charge in [0.05, 0.1) is 0 Å². The summed E-state index contributed by atoms with van der Waals surface area (Å²) < 4.78 is 0. The highest BCUT2D eigenvalue weighted by molar-refractivity contribution is 5.20. The van der Waals surface area contributed by atoms with Crippen LogP contribution in [0.25, 0.3) is 0 Å². The monoisotopic (exact) mass is 289 g/mol. The number of likely N-dealkylation sites (tertiary alicyclic amines) is 1. The van der Waals surface area contributed by atoms with Crippen molar-refractivity contribution in [1.82, 2.24) is 15.1 Å². The SMILES string of the molecule is CCN1CCCC1CN(C)C(C)C(NC)c1ccccc1. The Labute approximate surface area is 130 Å². The Kier molecular flexibility index (Phi) is 6.22. The van der Waals surface area contributed by atoms with Gasteiger partial charge in [-0.1, -0.05) is 37.3 Å². The van der Waals surface area contributed by atoms with Crippen LogP contribution in [0.2, 0.25) is 0 Å². The van der Waals surface area contributed by atoms with Crippen LogP contribution in [0.5, 0.6) is 0 Å². The van der Waals surface area contributed by atoms with Gasteiger partial charge in [-0.2, -0.15) is 0 Å². The van der Waals surface area contributed by atoms with E-state index in [1.54, 1.807) is 0 Å². The summed E-state index contributed by atoms with van der Waals surface area (Å²) in [6, 6.07) is 12.4. The third-order valence-electron chi connectivity index (χ3n) is 5.05. The van der Waals surface area contributed by atoms with Gasteiger partial charge >= 0.3 is 0 Å². The number of hydrogen-bond donors (Lipinski definition) is 1. The van der Waals surface area contributed by atoms with Gasteiger partial charge in [0.1, 0.15) is 0 Å². The highest BCUT2D eigenvalue weighted by Crippen LogP contribution is 2.23. The topological polar surface area (TPSA) is 18.5 Å². The largest absolute Gasteiger partial charge is 0.312 e. The van der Waals surface area contributed by atoms with E-state index in [1.807, 2.05) is 0 Å². The van der Waals surface area contributed by atoms with E-state index in [2.05, 4.69) is 73.4 Å². The first-order chi connectivity index (χ1) is 10.2. The zero-order chi connectivity index (χ0) is 15.2. The molecule has 1 aliphatic rings. The smallest absolute Gasteiger partial charge is 0.0472 e. The lowest BCUT2D eigenvalue weighted by atomic mass is 9.99. The Morgan fingerprint density at radius 3 is 2.67 bits per heavy atom. The Morgan fingerprint density at radius 1 is 1.33 bits per heavy atom. The molecule has 0 saturated carbocycles. The minimum atomic E-state index is 0.382. The van der Waals surface area contributed by atoms with E-state index in [4.69, 9.17) is 0 Å². The summed E-state index contributed by atoms with van der Waals surface area (Å²) in [7, 11) is 4.33. The summed E-state index contributed by atoms with van der Waals surface area (Å²) in [4.78, 5) is 5.15. The average molecular weight is 289 g/mol. The predicted octanol–water partition coefficient (Wildman–Crippen LogP) is 2.75. The molecule has 118 valence electrons. The third-order valence-corrected chi connectivity index (χ3v) is 5.05. The molecule has 1 N–H and O–H groups in total. The molecule has 1 aromatic carbocycles. The lowest BCUT2D eigenvalue weighted by molar-refractivity contribution is 0.150. The molecule has 0 aliphatic carbocycles. The molecule has 0 aromatic heterocycles. The van der Waals surface area contributed by atoms with E-state index in [-0.39, 0.29) is 0 Å². The molecule has 0 amide bonds. The molecule has 0 bridgehead atoms. The lowest BCUT2D eigenvalue weighted by Crippen LogP contribution is -2.46. The van der Waals surface area contributed by atoms with E-state index >= 15 is 0 Å². The second kappa shape index (κ2) is 7.92. The molecule has 1 aromatic rings. The number of hydrogen-bond acceptors (Lipinski definition) is 3. The van der Waals surface area contributed by atoms with Crippen molar-refractivity contribution >= 4 is 0 Å². The molecule has 0 spiro atoms. The summed E-state index contributed by atoms with van der Waals surface area (Å²) in [6.45, 7) is 8.24. The second-order valence-corrected chi connectivity index (χ2v) is 6.28. The van der Waals surface area contributed by atoms with E-state index < -0.39 is 0 Å². The summed E-state index contributed by atoms with van der Waals surface area (Å²) in [5, 5.41) is 3.49. The van der Waals surface area contributed by atoms with Gasteiger partial charge in [-0.25, -0.2) is 0 Å². The van der Waals surface area contributed by atoms with Gasteiger partial charge in [-0.3, -0.25) is 4.90 Å². The molecule has 21 heavy (non-hydrogen) atoms. The molecular weight excluding hydrogens is 258 g/mol. The van der Waals surface area contributed by atoms with Gasteiger partial charge in [0, 0.05) is 24.7 Å². The first-order valence-electron chi connectivity index (χ1n) is 8.33. The van der Waals surface area contributed by atoms with Crippen molar-refractivity contribution in [3.05, 3.63) is 35.9 Å². The molecule has 1 aliphatic heterocycles. The first kappa shape index (κ1) is 16.5. The maximum Gasteiger partial charge on any atom is 0.0472 e. The second-order valence-electron chi connectivity index (χ2n) is 6.28. The number of nitrogens with one attached hydrogen (secondary N) is 1. The fraction of sp³-hybridized carbons (Fsp3) is 0.667. The summed E-state index contributed by atoms with van der Waals surface area (Å²) >= 11 is 0. The normalized spacial score (nSPS) is 22.6. The zero-order valence-electron chi connectivity index (χ0n) is 14.0. The highest BCUT2D eigenvalue weighted by Gasteiger charge is 2.28. The standard InChI is InChI=1S/C18H31N3/c1-5-21-13-9-12-17(21)14-20(4)15(2)18(19-3)16-10-7-6-8-11-16/h6-8,10-11,15,17-19H,5,9,12-14H2,1-4H3. The van der Waals surface area contributed by atoms with Crippen LogP contribution >= 0.6 is 0 Å². The minimum Gasteiger partial charge on any atom is -0.312 e. The van der Waals surface area contributed by atoms with Crippen molar-refractivity contribution in [2.24, 2.45) is 0 Å². The van der Waals surface area contributed by atoms with Crippen molar-refractivity contribution < 1.29 is 0 Å². The van der Waals surface area contributed by atoms with Crippen molar-refractivity contribution in [1.29, 1.82) is 0 Å². The number of rotatable bonds is 7. The molecule has 1 saturated heterocycles. The van der Waals surface area contributed by atoms with Crippen LogP contribution in [0.15, 0.2) is 30.3 Å². The molecule has 3 unspecified atom stereocenters. The Bertz CT molecular complexity index is 406. The molecule has 3 atom stereocenters. The minimum absolute atomic E-state index is 0.382. The van der Waals surface area contributed by atoms with E-state index in [0.29, 0.717) is 12.1 Å². The molecule has 1 heterocycles. The Balaban J connectivity index is 1.98. The van der Waals surface area contributed by atoms with Gasteiger partial charge in [-0.15, -0.1) is 0 Å². The maximum atomic E-state index is 3.49. The Hall–Kier alpha value is -0.900. The fourth-order valence-electron chi connectivity index (χ4n) is 3.62. The van der Waals surface area contributed by atoms with E-state index in [1.165, 1.54) is 38.0 Å². The molecule has 3 heteroatoms. The summed E-state index contributed by atoms with van der Waals surface area (Å²) in [6.07, 6.45) is 2.70. The third kappa shape index (κ3) is 4.06. The van der Waals surface area contributed by atoms with Crippen LogP contribution in [0.1, 0.15) is 38.3 Å². The predicted molar refractivity (Wildman–Crippen MR) is 90.6 cm³/mol. The van der Waals surface area contributed by atoms with Crippen LogP contribution in [-0.2, 0) is 0 Å².